The Labute approximate surface area is 172 Å². The van der Waals surface area contributed by atoms with Crippen LogP contribution in [0, 0.1) is 46.6 Å². The first kappa shape index (κ1) is 21.1. The normalized spacial score (nSPS) is 19.7. The molecule has 1 unspecified atom stereocenters. The predicted octanol–water partition coefficient (Wildman–Crippen LogP) is 6.95. The van der Waals surface area contributed by atoms with Crippen molar-refractivity contribution in [1.29, 1.82) is 5.26 Å². The standard InChI is InChI=1S/C26H27F2N/c1-3-18(2)14-20-6-11-23(12-7-20)22-9-4-19(5-10-22)8-13-24-25(27)15-21(17-29)16-26(24)28/h4-5,9-10,15-16,18,20,23H,3,6-7,11-12,14H2,1-2H3. The zero-order valence-corrected chi connectivity index (χ0v) is 17.1. The molecule has 3 heteroatoms. The summed E-state index contributed by atoms with van der Waals surface area (Å²) in [5, 5.41) is 8.76. The highest BCUT2D eigenvalue weighted by atomic mass is 19.1. The first-order valence-electron chi connectivity index (χ1n) is 10.5. The van der Waals surface area contributed by atoms with Gasteiger partial charge in [-0.3, -0.25) is 0 Å². The van der Waals surface area contributed by atoms with Crippen LogP contribution in [-0.4, -0.2) is 0 Å². The lowest BCUT2D eigenvalue weighted by molar-refractivity contribution is 0.273. The zero-order chi connectivity index (χ0) is 20.8. The minimum Gasteiger partial charge on any atom is -0.205 e. The van der Waals surface area contributed by atoms with Gasteiger partial charge in [-0.05, 0) is 79.7 Å². The number of rotatable bonds is 4. The van der Waals surface area contributed by atoms with Crippen molar-refractivity contribution in [2.45, 2.75) is 58.3 Å². The van der Waals surface area contributed by atoms with Gasteiger partial charge < -0.3 is 0 Å². The maximum atomic E-state index is 13.9. The number of hydrogen-bond acceptors (Lipinski definition) is 1. The van der Waals surface area contributed by atoms with E-state index in [-0.39, 0.29) is 11.1 Å². The first-order valence-corrected chi connectivity index (χ1v) is 10.5. The van der Waals surface area contributed by atoms with Gasteiger partial charge in [0.05, 0.1) is 17.2 Å². The second-order valence-electron chi connectivity index (χ2n) is 8.27. The minimum absolute atomic E-state index is 0.0474. The molecule has 3 rings (SSSR count). The third-order valence-corrected chi connectivity index (χ3v) is 6.16. The van der Waals surface area contributed by atoms with Crippen LogP contribution < -0.4 is 0 Å². The van der Waals surface area contributed by atoms with Gasteiger partial charge in [-0.2, -0.15) is 5.26 Å². The van der Waals surface area contributed by atoms with Gasteiger partial charge in [0, 0.05) is 5.56 Å². The second-order valence-corrected chi connectivity index (χ2v) is 8.27. The molecule has 0 spiro atoms. The molecule has 2 aromatic carbocycles. The summed E-state index contributed by atoms with van der Waals surface area (Å²) in [7, 11) is 0. The van der Waals surface area contributed by atoms with E-state index in [1.54, 1.807) is 6.07 Å². The van der Waals surface area contributed by atoms with E-state index in [0.29, 0.717) is 5.92 Å². The van der Waals surface area contributed by atoms with E-state index in [2.05, 4.69) is 37.8 Å². The molecule has 0 saturated heterocycles. The predicted molar refractivity (Wildman–Crippen MR) is 112 cm³/mol. The Morgan fingerprint density at radius 3 is 2.14 bits per heavy atom. The van der Waals surface area contributed by atoms with Crippen LogP contribution in [0.1, 0.15) is 80.5 Å². The molecule has 0 aliphatic heterocycles. The molecular formula is C26H27F2N. The summed E-state index contributed by atoms with van der Waals surface area (Å²) in [6.07, 6.45) is 7.67. The third kappa shape index (κ3) is 5.45. The Morgan fingerprint density at radius 2 is 1.59 bits per heavy atom. The quantitative estimate of drug-likeness (QED) is 0.518. The lowest BCUT2D eigenvalue weighted by atomic mass is 9.75. The smallest absolute Gasteiger partial charge is 0.143 e. The molecule has 1 aliphatic carbocycles. The van der Waals surface area contributed by atoms with Gasteiger partial charge in [0.15, 0.2) is 0 Å². The maximum absolute atomic E-state index is 13.9. The molecule has 0 aromatic heterocycles. The van der Waals surface area contributed by atoms with E-state index < -0.39 is 11.6 Å². The molecule has 0 heterocycles. The van der Waals surface area contributed by atoms with Gasteiger partial charge >= 0.3 is 0 Å². The minimum atomic E-state index is -0.806. The van der Waals surface area contributed by atoms with Crippen LogP contribution in [0.2, 0.25) is 0 Å². The average Bonchev–Trinajstić information content (AvgIpc) is 2.74. The fraction of sp³-hybridized carbons (Fsp3) is 0.423. The number of nitrogens with zero attached hydrogens (tertiary/aromatic N) is 1. The van der Waals surface area contributed by atoms with Crippen LogP contribution in [0.3, 0.4) is 0 Å². The van der Waals surface area contributed by atoms with Crippen molar-refractivity contribution in [3.8, 4) is 17.9 Å². The topological polar surface area (TPSA) is 23.8 Å². The fourth-order valence-corrected chi connectivity index (χ4v) is 4.20. The summed E-state index contributed by atoms with van der Waals surface area (Å²) < 4.78 is 27.9. The van der Waals surface area contributed by atoms with Gasteiger partial charge in [-0.15, -0.1) is 0 Å². The Hall–Kier alpha value is -2.65. The molecule has 0 radical (unpaired) electrons. The zero-order valence-electron chi connectivity index (χ0n) is 17.1. The van der Waals surface area contributed by atoms with E-state index in [1.165, 1.54) is 44.1 Å². The van der Waals surface area contributed by atoms with Crippen molar-refractivity contribution >= 4 is 0 Å². The fourth-order valence-electron chi connectivity index (χ4n) is 4.20. The van der Waals surface area contributed by atoms with Crippen molar-refractivity contribution in [3.63, 3.8) is 0 Å². The number of hydrogen-bond donors (Lipinski definition) is 0. The summed E-state index contributed by atoms with van der Waals surface area (Å²) in [4.78, 5) is 0. The Morgan fingerprint density at radius 1 is 0.966 bits per heavy atom. The summed E-state index contributed by atoms with van der Waals surface area (Å²) in [5.74, 6) is 6.07. The van der Waals surface area contributed by atoms with Crippen molar-refractivity contribution in [2.24, 2.45) is 11.8 Å². The number of nitriles is 1. The Kier molecular flexibility index (Phi) is 7.05. The van der Waals surface area contributed by atoms with Crippen molar-refractivity contribution in [2.75, 3.05) is 0 Å². The third-order valence-electron chi connectivity index (χ3n) is 6.16. The molecular weight excluding hydrogens is 364 g/mol. The van der Waals surface area contributed by atoms with Gasteiger partial charge in [0.25, 0.3) is 0 Å². The molecule has 150 valence electrons. The van der Waals surface area contributed by atoms with Crippen LogP contribution in [0.15, 0.2) is 36.4 Å². The van der Waals surface area contributed by atoms with E-state index in [4.69, 9.17) is 5.26 Å². The average molecular weight is 392 g/mol. The van der Waals surface area contributed by atoms with Gasteiger partial charge in [-0.1, -0.05) is 44.2 Å². The van der Waals surface area contributed by atoms with Crippen molar-refractivity contribution in [1.82, 2.24) is 0 Å². The molecule has 1 atom stereocenters. The molecule has 1 fully saturated rings. The maximum Gasteiger partial charge on any atom is 0.143 e. The van der Waals surface area contributed by atoms with Gasteiger partial charge in [0.1, 0.15) is 11.6 Å². The van der Waals surface area contributed by atoms with E-state index in [0.717, 1.165) is 29.5 Å². The first-order chi connectivity index (χ1) is 14.0. The van der Waals surface area contributed by atoms with E-state index in [1.807, 2.05) is 12.1 Å². The highest BCUT2D eigenvalue weighted by molar-refractivity contribution is 5.47. The van der Waals surface area contributed by atoms with Gasteiger partial charge in [-0.25, -0.2) is 8.78 Å². The lowest BCUT2D eigenvalue weighted by Gasteiger charge is -2.30. The van der Waals surface area contributed by atoms with Crippen LogP contribution >= 0.6 is 0 Å². The monoisotopic (exact) mass is 391 g/mol. The molecule has 1 saturated carbocycles. The number of benzene rings is 2. The van der Waals surface area contributed by atoms with Crippen LogP contribution in [0.25, 0.3) is 0 Å². The Balaban J connectivity index is 1.64. The van der Waals surface area contributed by atoms with Crippen LogP contribution in [0.4, 0.5) is 8.78 Å². The summed E-state index contributed by atoms with van der Waals surface area (Å²) >= 11 is 0. The molecule has 0 bridgehead atoms. The summed E-state index contributed by atoms with van der Waals surface area (Å²) in [6.45, 7) is 4.62. The molecule has 1 aliphatic rings. The summed E-state index contributed by atoms with van der Waals surface area (Å²) in [6, 6.07) is 11.8. The SMILES string of the molecule is CCC(C)CC1CCC(c2ccc(C#Cc3c(F)cc(C#N)cc3F)cc2)CC1. The molecule has 2 aromatic rings. The van der Waals surface area contributed by atoms with E-state index >= 15 is 0 Å². The molecule has 1 nitrogen and oxygen atoms in total. The van der Waals surface area contributed by atoms with Gasteiger partial charge in [0.2, 0.25) is 0 Å². The molecule has 29 heavy (non-hydrogen) atoms. The van der Waals surface area contributed by atoms with Crippen LogP contribution in [0.5, 0.6) is 0 Å². The highest BCUT2D eigenvalue weighted by Gasteiger charge is 2.23. The van der Waals surface area contributed by atoms with Crippen molar-refractivity contribution < 1.29 is 8.78 Å². The summed E-state index contributed by atoms with van der Waals surface area (Å²) in [5.41, 5.74) is 1.71. The highest BCUT2D eigenvalue weighted by Crippen LogP contribution is 2.38. The van der Waals surface area contributed by atoms with Crippen molar-refractivity contribution in [3.05, 3.63) is 70.3 Å². The number of halogens is 2. The molecule has 0 amide bonds. The lowest BCUT2D eigenvalue weighted by Crippen LogP contribution is -2.15. The largest absolute Gasteiger partial charge is 0.205 e. The van der Waals surface area contributed by atoms with Crippen LogP contribution in [-0.2, 0) is 0 Å². The Bertz CT molecular complexity index is 912. The molecule has 0 N–H and O–H groups in total. The second kappa shape index (κ2) is 9.71. The van der Waals surface area contributed by atoms with E-state index in [9.17, 15) is 8.78 Å².